The molecule has 1 heterocycles. The van der Waals surface area contributed by atoms with E-state index < -0.39 is 5.97 Å². The number of hydrogen-bond acceptors (Lipinski definition) is 2. The van der Waals surface area contributed by atoms with Gasteiger partial charge in [0.15, 0.2) is 0 Å². The second-order valence-electron chi connectivity index (χ2n) is 3.37. The van der Waals surface area contributed by atoms with Crippen molar-refractivity contribution >= 4 is 16.9 Å². The first-order valence-electron chi connectivity index (χ1n) is 4.86. The molecule has 4 heteroatoms. The zero-order valence-corrected chi connectivity index (χ0v) is 9.57. The highest BCUT2D eigenvalue weighted by Crippen LogP contribution is 2.25. The molecule has 0 aliphatic rings. The van der Waals surface area contributed by atoms with Crippen molar-refractivity contribution in [2.75, 3.05) is 7.11 Å². The van der Waals surface area contributed by atoms with E-state index in [0.29, 0.717) is 0 Å². The Hall–Kier alpha value is -1.97. The number of methoxy groups -OCH3 is 1. The summed E-state index contributed by atoms with van der Waals surface area (Å²) < 4.78 is 5.21. The molecule has 0 aliphatic heterocycles. The molecule has 0 saturated carbocycles. The van der Waals surface area contributed by atoms with Gasteiger partial charge in [-0.05, 0) is 18.6 Å². The normalized spacial score (nSPS) is 9.44. The SMILES string of the molecule is CC(=O)O.COc1cccc2c(C)c[nH]c12. The number of aliphatic carboxylic acids is 1. The van der Waals surface area contributed by atoms with Gasteiger partial charge in [0.1, 0.15) is 5.75 Å². The summed E-state index contributed by atoms with van der Waals surface area (Å²) in [7, 11) is 1.69. The maximum Gasteiger partial charge on any atom is 0.300 e. The summed E-state index contributed by atoms with van der Waals surface area (Å²) in [5, 5.41) is 8.65. The third kappa shape index (κ3) is 2.76. The quantitative estimate of drug-likeness (QED) is 0.778. The Balaban J connectivity index is 0.000000280. The van der Waals surface area contributed by atoms with Crippen LogP contribution >= 0.6 is 0 Å². The summed E-state index contributed by atoms with van der Waals surface area (Å²) in [5.41, 5.74) is 2.33. The molecule has 0 bridgehead atoms. The minimum atomic E-state index is -0.833. The molecule has 1 aromatic carbocycles. The number of fused-ring (bicyclic) bond motifs is 1. The minimum Gasteiger partial charge on any atom is -0.495 e. The number of aryl methyl sites for hydroxylation is 1. The topological polar surface area (TPSA) is 62.3 Å². The Morgan fingerprint density at radius 3 is 2.62 bits per heavy atom. The van der Waals surface area contributed by atoms with E-state index in [9.17, 15) is 0 Å². The summed E-state index contributed by atoms with van der Waals surface area (Å²) >= 11 is 0. The van der Waals surface area contributed by atoms with Crippen LogP contribution in [0.25, 0.3) is 10.9 Å². The minimum absolute atomic E-state index is 0.833. The van der Waals surface area contributed by atoms with E-state index in [0.717, 1.165) is 18.2 Å². The van der Waals surface area contributed by atoms with Crippen molar-refractivity contribution in [1.29, 1.82) is 0 Å². The molecule has 0 aliphatic carbocycles. The van der Waals surface area contributed by atoms with Crippen molar-refractivity contribution < 1.29 is 14.6 Å². The molecule has 2 rings (SSSR count). The van der Waals surface area contributed by atoms with E-state index in [1.165, 1.54) is 10.9 Å². The number of rotatable bonds is 1. The van der Waals surface area contributed by atoms with Gasteiger partial charge in [0.2, 0.25) is 0 Å². The van der Waals surface area contributed by atoms with Crippen LogP contribution in [0.1, 0.15) is 12.5 Å². The Morgan fingerprint density at radius 1 is 1.44 bits per heavy atom. The molecular formula is C12H15NO3. The number of carboxylic acids is 1. The van der Waals surface area contributed by atoms with Crippen molar-refractivity contribution in [3.63, 3.8) is 0 Å². The van der Waals surface area contributed by atoms with Gasteiger partial charge in [0.25, 0.3) is 5.97 Å². The number of para-hydroxylation sites is 1. The fraction of sp³-hybridized carbons (Fsp3) is 0.250. The first kappa shape index (κ1) is 12.1. The van der Waals surface area contributed by atoms with Crippen molar-refractivity contribution in [3.8, 4) is 5.75 Å². The third-order valence-electron chi connectivity index (χ3n) is 2.10. The lowest BCUT2D eigenvalue weighted by molar-refractivity contribution is -0.134. The molecule has 4 nitrogen and oxygen atoms in total. The van der Waals surface area contributed by atoms with E-state index in [2.05, 4.69) is 18.0 Å². The van der Waals surface area contributed by atoms with E-state index in [1.807, 2.05) is 18.3 Å². The fourth-order valence-electron chi connectivity index (χ4n) is 1.44. The van der Waals surface area contributed by atoms with Gasteiger partial charge in [-0.1, -0.05) is 12.1 Å². The lowest BCUT2D eigenvalue weighted by Gasteiger charge is -2.00. The maximum absolute atomic E-state index is 9.00. The second kappa shape index (κ2) is 5.21. The fourth-order valence-corrected chi connectivity index (χ4v) is 1.44. The van der Waals surface area contributed by atoms with Crippen LogP contribution in [0.3, 0.4) is 0 Å². The third-order valence-corrected chi connectivity index (χ3v) is 2.10. The van der Waals surface area contributed by atoms with Gasteiger partial charge in [-0.3, -0.25) is 4.79 Å². The van der Waals surface area contributed by atoms with Crippen LogP contribution in [0.5, 0.6) is 5.75 Å². The van der Waals surface area contributed by atoms with Crippen LogP contribution in [0, 0.1) is 6.92 Å². The smallest absolute Gasteiger partial charge is 0.300 e. The van der Waals surface area contributed by atoms with Crippen LogP contribution in [-0.2, 0) is 4.79 Å². The molecule has 0 unspecified atom stereocenters. The number of aromatic nitrogens is 1. The molecule has 0 amide bonds. The lowest BCUT2D eigenvalue weighted by Crippen LogP contribution is -1.82. The molecule has 0 fully saturated rings. The molecule has 0 spiro atoms. The Morgan fingerprint density at radius 2 is 2.06 bits per heavy atom. The van der Waals surface area contributed by atoms with Gasteiger partial charge < -0.3 is 14.8 Å². The number of nitrogens with one attached hydrogen (secondary N) is 1. The first-order chi connectivity index (χ1) is 7.56. The molecule has 16 heavy (non-hydrogen) atoms. The van der Waals surface area contributed by atoms with Gasteiger partial charge in [-0.25, -0.2) is 0 Å². The lowest BCUT2D eigenvalue weighted by atomic mass is 10.2. The predicted octanol–water partition coefficient (Wildman–Crippen LogP) is 2.58. The van der Waals surface area contributed by atoms with Crippen LogP contribution in [0.4, 0.5) is 0 Å². The van der Waals surface area contributed by atoms with Crippen molar-refractivity contribution in [2.45, 2.75) is 13.8 Å². The number of ether oxygens (including phenoxy) is 1. The number of carboxylic acid groups (broad SMARTS) is 1. The molecule has 0 atom stereocenters. The van der Waals surface area contributed by atoms with Crippen molar-refractivity contribution in [2.24, 2.45) is 0 Å². The average Bonchev–Trinajstić information content (AvgIpc) is 2.60. The summed E-state index contributed by atoms with van der Waals surface area (Å²) in [6.45, 7) is 3.16. The van der Waals surface area contributed by atoms with Crippen molar-refractivity contribution in [1.82, 2.24) is 4.98 Å². The van der Waals surface area contributed by atoms with Gasteiger partial charge >= 0.3 is 0 Å². The van der Waals surface area contributed by atoms with E-state index in [1.54, 1.807) is 7.11 Å². The van der Waals surface area contributed by atoms with Gasteiger partial charge in [-0.15, -0.1) is 0 Å². The number of carbonyl (C=O) groups is 1. The van der Waals surface area contributed by atoms with E-state index >= 15 is 0 Å². The highest BCUT2D eigenvalue weighted by molar-refractivity contribution is 5.88. The second-order valence-corrected chi connectivity index (χ2v) is 3.37. The Bertz CT molecular complexity index is 484. The number of hydrogen-bond donors (Lipinski definition) is 2. The first-order valence-corrected chi connectivity index (χ1v) is 4.86. The van der Waals surface area contributed by atoms with Crippen LogP contribution in [0.2, 0.25) is 0 Å². The van der Waals surface area contributed by atoms with Crippen LogP contribution in [0.15, 0.2) is 24.4 Å². The zero-order chi connectivity index (χ0) is 12.1. The molecule has 2 N–H and O–H groups in total. The summed E-state index contributed by atoms with van der Waals surface area (Å²) in [6.07, 6.45) is 1.99. The Kier molecular flexibility index (Phi) is 3.94. The van der Waals surface area contributed by atoms with E-state index in [4.69, 9.17) is 14.6 Å². The molecule has 86 valence electrons. The summed E-state index contributed by atoms with van der Waals surface area (Å²) in [6, 6.07) is 6.05. The zero-order valence-electron chi connectivity index (χ0n) is 9.57. The van der Waals surface area contributed by atoms with Gasteiger partial charge in [0.05, 0.1) is 12.6 Å². The van der Waals surface area contributed by atoms with Crippen LogP contribution in [-0.4, -0.2) is 23.2 Å². The number of aromatic amines is 1. The molecule has 2 aromatic rings. The molecule has 0 saturated heterocycles. The largest absolute Gasteiger partial charge is 0.495 e. The highest BCUT2D eigenvalue weighted by atomic mass is 16.5. The predicted molar refractivity (Wildman–Crippen MR) is 62.9 cm³/mol. The van der Waals surface area contributed by atoms with Gasteiger partial charge in [0, 0.05) is 18.5 Å². The molecular weight excluding hydrogens is 206 g/mol. The van der Waals surface area contributed by atoms with E-state index in [-0.39, 0.29) is 0 Å². The average molecular weight is 221 g/mol. The summed E-state index contributed by atoms with van der Waals surface area (Å²) in [5.74, 6) is 0.0700. The molecule has 0 radical (unpaired) electrons. The monoisotopic (exact) mass is 221 g/mol. The maximum atomic E-state index is 9.00. The highest BCUT2D eigenvalue weighted by Gasteiger charge is 2.03. The van der Waals surface area contributed by atoms with Gasteiger partial charge in [-0.2, -0.15) is 0 Å². The molecule has 1 aromatic heterocycles. The van der Waals surface area contributed by atoms with Crippen LogP contribution < -0.4 is 4.74 Å². The Labute approximate surface area is 93.9 Å². The number of benzene rings is 1. The number of H-pyrrole nitrogens is 1. The van der Waals surface area contributed by atoms with Crippen molar-refractivity contribution in [3.05, 3.63) is 30.0 Å². The summed E-state index contributed by atoms with van der Waals surface area (Å²) in [4.78, 5) is 12.2. The standard InChI is InChI=1S/C10H11NO.C2H4O2/c1-7-6-11-10-8(7)4-3-5-9(10)12-2;1-2(3)4/h3-6,11H,1-2H3;1H3,(H,3,4).